The van der Waals surface area contributed by atoms with E-state index in [0.29, 0.717) is 5.15 Å². The van der Waals surface area contributed by atoms with E-state index in [9.17, 15) is 0 Å². The minimum Gasteiger partial charge on any atom is -0.376 e. The van der Waals surface area contributed by atoms with E-state index in [1.54, 1.807) is 6.20 Å². The first kappa shape index (κ1) is 12.9. The van der Waals surface area contributed by atoms with Gasteiger partial charge in [-0.2, -0.15) is 0 Å². The number of halogens is 1. The van der Waals surface area contributed by atoms with Gasteiger partial charge in [-0.05, 0) is 31.0 Å². The van der Waals surface area contributed by atoms with Crippen molar-refractivity contribution < 1.29 is 0 Å². The quantitative estimate of drug-likeness (QED) is 0.813. The van der Waals surface area contributed by atoms with Gasteiger partial charge in [0, 0.05) is 6.20 Å². The Balaban J connectivity index is 2.20. The predicted octanol–water partition coefficient (Wildman–Crippen LogP) is 4.61. The fraction of sp³-hybridized carbons (Fsp3) is 0.267. The van der Waals surface area contributed by atoms with E-state index in [1.807, 2.05) is 12.1 Å². The first-order valence-electron chi connectivity index (χ1n) is 6.14. The van der Waals surface area contributed by atoms with Crippen LogP contribution in [0.15, 0.2) is 42.6 Å². The molecular formula is C15H17ClN2. The molecular weight excluding hydrogens is 244 g/mol. The van der Waals surface area contributed by atoms with Crippen LogP contribution in [0.25, 0.3) is 0 Å². The zero-order valence-electron chi connectivity index (χ0n) is 10.7. The van der Waals surface area contributed by atoms with Crippen LogP contribution in [0.4, 0.5) is 5.69 Å². The van der Waals surface area contributed by atoms with E-state index in [-0.39, 0.29) is 6.04 Å². The molecule has 1 atom stereocenters. The standard InChI is InChI=1S/C15H17ClN2/c1-3-13(12-8-6-11(2)7-9-12)18-14-5-4-10-17-15(14)16/h4-10,13,18H,3H2,1-2H3. The second-order valence-electron chi connectivity index (χ2n) is 4.36. The topological polar surface area (TPSA) is 24.9 Å². The summed E-state index contributed by atoms with van der Waals surface area (Å²) in [6, 6.07) is 12.7. The lowest BCUT2D eigenvalue weighted by Crippen LogP contribution is -2.10. The number of nitrogens with one attached hydrogen (secondary N) is 1. The van der Waals surface area contributed by atoms with Crippen LogP contribution in [0.5, 0.6) is 0 Å². The molecule has 18 heavy (non-hydrogen) atoms. The van der Waals surface area contributed by atoms with Gasteiger partial charge >= 0.3 is 0 Å². The third kappa shape index (κ3) is 3.02. The van der Waals surface area contributed by atoms with Crippen LogP contribution in [-0.4, -0.2) is 4.98 Å². The van der Waals surface area contributed by atoms with Crippen LogP contribution in [0.3, 0.4) is 0 Å². The van der Waals surface area contributed by atoms with Gasteiger partial charge in [0.05, 0.1) is 11.7 Å². The van der Waals surface area contributed by atoms with Crippen molar-refractivity contribution in [2.75, 3.05) is 5.32 Å². The minimum absolute atomic E-state index is 0.257. The molecule has 3 heteroatoms. The zero-order chi connectivity index (χ0) is 13.0. The maximum absolute atomic E-state index is 6.06. The number of aryl methyl sites for hydroxylation is 1. The number of benzene rings is 1. The summed E-state index contributed by atoms with van der Waals surface area (Å²) in [6.07, 6.45) is 2.69. The summed E-state index contributed by atoms with van der Waals surface area (Å²) in [5, 5.41) is 3.95. The van der Waals surface area contributed by atoms with E-state index in [0.717, 1.165) is 12.1 Å². The maximum Gasteiger partial charge on any atom is 0.152 e. The van der Waals surface area contributed by atoms with Crippen molar-refractivity contribution in [3.63, 3.8) is 0 Å². The van der Waals surface area contributed by atoms with Crippen molar-refractivity contribution >= 4 is 17.3 Å². The average molecular weight is 261 g/mol. The summed E-state index contributed by atoms with van der Waals surface area (Å²) < 4.78 is 0. The van der Waals surface area contributed by atoms with E-state index < -0.39 is 0 Å². The van der Waals surface area contributed by atoms with E-state index >= 15 is 0 Å². The Labute approximate surface area is 113 Å². The lowest BCUT2D eigenvalue weighted by Gasteiger charge is -2.19. The molecule has 0 saturated carbocycles. The van der Waals surface area contributed by atoms with Crippen LogP contribution in [0.2, 0.25) is 5.15 Å². The van der Waals surface area contributed by atoms with Gasteiger partial charge in [-0.25, -0.2) is 4.98 Å². The number of pyridine rings is 1. The average Bonchev–Trinajstić information content (AvgIpc) is 2.39. The predicted molar refractivity (Wildman–Crippen MR) is 77.1 cm³/mol. The molecule has 0 fully saturated rings. The first-order valence-corrected chi connectivity index (χ1v) is 6.52. The highest BCUT2D eigenvalue weighted by Gasteiger charge is 2.10. The van der Waals surface area contributed by atoms with E-state index in [4.69, 9.17) is 11.6 Å². The molecule has 0 spiro atoms. The minimum atomic E-state index is 0.257. The molecule has 1 aromatic heterocycles. The lowest BCUT2D eigenvalue weighted by molar-refractivity contribution is 0.748. The molecule has 1 N–H and O–H groups in total. The van der Waals surface area contributed by atoms with Crippen molar-refractivity contribution in [3.05, 3.63) is 58.9 Å². The zero-order valence-corrected chi connectivity index (χ0v) is 11.4. The van der Waals surface area contributed by atoms with E-state index in [1.165, 1.54) is 11.1 Å². The van der Waals surface area contributed by atoms with Crippen LogP contribution < -0.4 is 5.32 Å². The monoisotopic (exact) mass is 260 g/mol. The summed E-state index contributed by atoms with van der Waals surface area (Å²) in [7, 11) is 0. The summed E-state index contributed by atoms with van der Waals surface area (Å²) in [4.78, 5) is 4.08. The molecule has 2 nitrogen and oxygen atoms in total. The highest BCUT2D eigenvalue weighted by molar-refractivity contribution is 6.31. The number of rotatable bonds is 4. The maximum atomic E-state index is 6.06. The Bertz CT molecular complexity index is 508. The molecule has 0 aliphatic rings. The molecule has 0 bridgehead atoms. The van der Waals surface area contributed by atoms with Gasteiger partial charge in [0.25, 0.3) is 0 Å². The molecule has 0 amide bonds. The fourth-order valence-electron chi connectivity index (χ4n) is 1.90. The third-order valence-electron chi connectivity index (χ3n) is 2.98. The van der Waals surface area contributed by atoms with Crippen LogP contribution in [0.1, 0.15) is 30.5 Å². The largest absolute Gasteiger partial charge is 0.376 e. The van der Waals surface area contributed by atoms with Crippen LogP contribution in [0, 0.1) is 6.92 Å². The lowest BCUT2D eigenvalue weighted by atomic mass is 10.0. The molecule has 2 rings (SSSR count). The highest BCUT2D eigenvalue weighted by Crippen LogP contribution is 2.26. The van der Waals surface area contributed by atoms with Gasteiger partial charge in [-0.3, -0.25) is 0 Å². The van der Waals surface area contributed by atoms with Crippen molar-refractivity contribution in [2.24, 2.45) is 0 Å². The molecule has 0 radical (unpaired) electrons. The molecule has 1 aromatic carbocycles. The SMILES string of the molecule is CCC(Nc1cccnc1Cl)c1ccc(C)cc1. The van der Waals surface area contributed by atoms with Crippen LogP contribution >= 0.6 is 11.6 Å². The summed E-state index contributed by atoms with van der Waals surface area (Å²) in [6.45, 7) is 4.25. The van der Waals surface area contributed by atoms with Gasteiger partial charge in [-0.15, -0.1) is 0 Å². The molecule has 0 aliphatic heterocycles. The Morgan fingerprint density at radius 3 is 2.56 bits per heavy atom. The number of hydrogen-bond acceptors (Lipinski definition) is 2. The highest BCUT2D eigenvalue weighted by atomic mass is 35.5. The Hall–Kier alpha value is -1.54. The molecule has 2 aromatic rings. The van der Waals surface area contributed by atoms with Crippen molar-refractivity contribution in [3.8, 4) is 0 Å². The van der Waals surface area contributed by atoms with Crippen molar-refractivity contribution in [2.45, 2.75) is 26.3 Å². The molecule has 0 saturated heterocycles. The van der Waals surface area contributed by atoms with Crippen molar-refractivity contribution in [1.82, 2.24) is 4.98 Å². The molecule has 1 unspecified atom stereocenters. The van der Waals surface area contributed by atoms with Crippen molar-refractivity contribution in [1.29, 1.82) is 0 Å². The first-order chi connectivity index (χ1) is 8.70. The third-order valence-corrected chi connectivity index (χ3v) is 3.28. The summed E-state index contributed by atoms with van der Waals surface area (Å²) in [5.74, 6) is 0. The number of hydrogen-bond donors (Lipinski definition) is 1. The number of aromatic nitrogens is 1. The van der Waals surface area contributed by atoms with Gasteiger partial charge < -0.3 is 5.32 Å². The van der Waals surface area contributed by atoms with Gasteiger partial charge in [-0.1, -0.05) is 48.4 Å². The number of nitrogens with zero attached hydrogens (tertiary/aromatic N) is 1. The number of anilines is 1. The molecule has 94 valence electrons. The smallest absolute Gasteiger partial charge is 0.152 e. The second kappa shape index (κ2) is 5.87. The fourth-order valence-corrected chi connectivity index (χ4v) is 2.08. The van der Waals surface area contributed by atoms with E-state index in [2.05, 4.69) is 48.4 Å². The normalized spacial score (nSPS) is 12.2. The Morgan fingerprint density at radius 2 is 1.94 bits per heavy atom. The summed E-state index contributed by atoms with van der Waals surface area (Å²) in [5.41, 5.74) is 3.42. The summed E-state index contributed by atoms with van der Waals surface area (Å²) >= 11 is 6.06. The van der Waals surface area contributed by atoms with Gasteiger partial charge in [0.15, 0.2) is 5.15 Å². The van der Waals surface area contributed by atoms with Gasteiger partial charge in [0.2, 0.25) is 0 Å². The Kier molecular flexibility index (Phi) is 4.21. The molecule has 1 heterocycles. The Morgan fingerprint density at radius 1 is 1.22 bits per heavy atom. The van der Waals surface area contributed by atoms with Gasteiger partial charge in [0.1, 0.15) is 0 Å². The van der Waals surface area contributed by atoms with Crippen LogP contribution in [-0.2, 0) is 0 Å². The second-order valence-corrected chi connectivity index (χ2v) is 4.72. The molecule has 0 aliphatic carbocycles.